The SMILES string of the molecule is CCC(NC(=O)Cn1ncc(N[C@@H]2C[C@H](C)C(C)(C)[C@H](C)[C@H]2C)c(Cl)c1=O)C(N)=O. The number of anilines is 1. The standard InChI is InChI=1S/C21H34ClN5O3/c1-7-14(19(23)29)26-17(28)10-27-20(30)18(22)16(9-24-27)25-15-8-11(2)21(5,6)13(4)12(15)3/h9,11-15,25H,7-8,10H2,1-6H3,(H2,23,29)(H,26,28)/t11-,12+,13+,14?,15+/m0/s1. The molecule has 8 nitrogen and oxygen atoms in total. The fourth-order valence-corrected chi connectivity index (χ4v) is 4.39. The van der Waals surface area contributed by atoms with Crippen molar-refractivity contribution in [3.63, 3.8) is 0 Å². The van der Waals surface area contributed by atoms with Crippen LogP contribution in [0.5, 0.6) is 0 Å². The van der Waals surface area contributed by atoms with E-state index in [2.05, 4.69) is 50.4 Å². The number of nitrogens with zero attached hydrogens (tertiary/aromatic N) is 2. The third-order valence-corrected chi connectivity index (χ3v) is 7.55. The fourth-order valence-electron chi connectivity index (χ4n) is 4.19. The molecule has 0 saturated heterocycles. The van der Waals surface area contributed by atoms with Crippen molar-refractivity contribution in [1.82, 2.24) is 15.1 Å². The molecule has 2 rings (SSSR count). The van der Waals surface area contributed by atoms with Gasteiger partial charge < -0.3 is 16.4 Å². The molecular formula is C21H34ClN5O3. The predicted octanol–water partition coefficient (Wildman–Crippen LogP) is 2.40. The molecule has 9 heteroatoms. The van der Waals surface area contributed by atoms with Crippen LogP contribution < -0.4 is 21.9 Å². The van der Waals surface area contributed by atoms with Gasteiger partial charge >= 0.3 is 0 Å². The van der Waals surface area contributed by atoms with Gasteiger partial charge in [0.2, 0.25) is 11.8 Å². The molecule has 1 unspecified atom stereocenters. The zero-order valence-corrected chi connectivity index (χ0v) is 19.4. The van der Waals surface area contributed by atoms with E-state index >= 15 is 0 Å². The van der Waals surface area contributed by atoms with Crippen molar-refractivity contribution < 1.29 is 9.59 Å². The number of hydrogen-bond acceptors (Lipinski definition) is 5. The van der Waals surface area contributed by atoms with Crippen LogP contribution in [-0.2, 0) is 16.1 Å². The number of rotatable bonds is 7. The third kappa shape index (κ3) is 4.96. The van der Waals surface area contributed by atoms with E-state index in [0.29, 0.717) is 29.9 Å². The molecule has 30 heavy (non-hydrogen) atoms. The van der Waals surface area contributed by atoms with E-state index in [1.54, 1.807) is 6.92 Å². The van der Waals surface area contributed by atoms with Gasteiger partial charge in [-0.25, -0.2) is 4.68 Å². The van der Waals surface area contributed by atoms with Crippen molar-refractivity contribution >= 4 is 29.1 Å². The number of carbonyl (C=O) groups excluding carboxylic acids is 2. The number of primary amides is 1. The quantitative estimate of drug-likeness (QED) is 0.602. The topological polar surface area (TPSA) is 119 Å². The summed E-state index contributed by atoms with van der Waals surface area (Å²) in [6.45, 7) is 12.7. The van der Waals surface area contributed by atoms with Crippen molar-refractivity contribution in [1.29, 1.82) is 0 Å². The molecule has 0 aromatic carbocycles. The molecule has 0 spiro atoms. The Bertz CT molecular complexity index is 854. The Hall–Kier alpha value is -2.09. The zero-order chi connectivity index (χ0) is 22.8. The van der Waals surface area contributed by atoms with Crippen LogP contribution in [0, 0.1) is 23.2 Å². The highest BCUT2D eigenvalue weighted by Gasteiger charge is 2.43. The van der Waals surface area contributed by atoms with Gasteiger partial charge in [-0.1, -0.05) is 53.1 Å². The van der Waals surface area contributed by atoms with Crippen LogP contribution in [0.3, 0.4) is 0 Å². The van der Waals surface area contributed by atoms with Gasteiger partial charge in [-0.3, -0.25) is 14.4 Å². The highest BCUT2D eigenvalue weighted by Crippen LogP contribution is 2.48. The van der Waals surface area contributed by atoms with Crippen molar-refractivity contribution in [2.24, 2.45) is 28.9 Å². The number of nitrogens with two attached hydrogens (primary N) is 1. The molecule has 1 aromatic heterocycles. The Morgan fingerprint density at radius 1 is 1.37 bits per heavy atom. The number of halogens is 1. The van der Waals surface area contributed by atoms with Gasteiger partial charge in [0.1, 0.15) is 17.6 Å². The lowest BCUT2D eigenvalue weighted by atomic mass is 9.58. The third-order valence-electron chi connectivity index (χ3n) is 7.18. The highest BCUT2D eigenvalue weighted by molar-refractivity contribution is 6.32. The fraction of sp³-hybridized carbons (Fsp3) is 0.714. The number of carbonyl (C=O) groups is 2. The normalized spacial score (nSPS) is 26.6. The lowest BCUT2D eigenvalue weighted by Gasteiger charge is -2.50. The smallest absolute Gasteiger partial charge is 0.288 e. The number of hydrogen-bond donors (Lipinski definition) is 3. The maximum atomic E-state index is 12.6. The van der Waals surface area contributed by atoms with E-state index in [4.69, 9.17) is 17.3 Å². The maximum Gasteiger partial charge on any atom is 0.288 e. The van der Waals surface area contributed by atoms with Gasteiger partial charge in [0.15, 0.2) is 0 Å². The molecule has 0 bridgehead atoms. The largest absolute Gasteiger partial charge is 0.379 e. The Balaban J connectivity index is 2.14. The molecule has 1 aliphatic carbocycles. The average Bonchev–Trinajstić information content (AvgIpc) is 2.68. The first-order valence-corrected chi connectivity index (χ1v) is 10.9. The van der Waals surface area contributed by atoms with Crippen molar-refractivity contribution in [3.05, 3.63) is 21.6 Å². The molecule has 4 N–H and O–H groups in total. The lowest BCUT2D eigenvalue weighted by molar-refractivity contribution is -0.127. The van der Waals surface area contributed by atoms with Gasteiger partial charge in [-0.05, 0) is 36.0 Å². The minimum Gasteiger partial charge on any atom is -0.379 e. The number of aromatic nitrogens is 2. The molecule has 1 fully saturated rings. The monoisotopic (exact) mass is 439 g/mol. The first-order chi connectivity index (χ1) is 13.9. The van der Waals surface area contributed by atoms with Crippen LogP contribution in [0.1, 0.15) is 54.4 Å². The van der Waals surface area contributed by atoms with E-state index in [-0.39, 0.29) is 23.0 Å². The zero-order valence-electron chi connectivity index (χ0n) is 18.7. The second-order valence-electron chi connectivity index (χ2n) is 9.12. The summed E-state index contributed by atoms with van der Waals surface area (Å²) in [6, 6.07) is -0.618. The summed E-state index contributed by atoms with van der Waals surface area (Å²) in [4.78, 5) is 36.1. The van der Waals surface area contributed by atoms with Gasteiger partial charge in [0.25, 0.3) is 5.56 Å². The van der Waals surface area contributed by atoms with Gasteiger partial charge in [0.05, 0.1) is 11.9 Å². The molecule has 168 valence electrons. The summed E-state index contributed by atoms with van der Waals surface area (Å²) >= 11 is 6.32. The lowest BCUT2D eigenvalue weighted by Crippen LogP contribution is -2.48. The molecular weight excluding hydrogens is 406 g/mol. The average molecular weight is 440 g/mol. The highest BCUT2D eigenvalue weighted by atomic mass is 35.5. The molecule has 1 saturated carbocycles. The Kier molecular flexibility index (Phi) is 7.55. The van der Waals surface area contributed by atoms with Crippen LogP contribution in [0.2, 0.25) is 5.02 Å². The summed E-state index contributed by atoms with van der Waals surface area (Å²) < 4.78 is 0.981. The summed E-state index contributed by atoms with van der Waals surface area (Å²) in [5.74, 6) is 0.232. The van der Waals surface area contributed by atoms with Crippen LogP contribution in [0.25, 0.3) is 0 Å². The molecule has 1 aliphatic rings. The molecule has 1 aromatic rings. The molecule has 2 amide bonds. The van der Waals surface area contributed by atoms with E-state index in [1.165, 1.54) is 6.20 Å². The van der Waals surface area contributed by atoms with Gasteiger partial charge in [0, 0.05) is 6.04 Å². The second kappa shape index (κ2) is 9.37. The van der Waals surface area contributed by atoms with E-state index in [9.17, 15) is 14.4 Å². The Labute approximate surface area is 182 Å². The Morgan fingerprint density at radius 2 is 2.00 bits per heavy atom. The minimum absolute atomic E-state index is 0.00270. The van der Waals surface area contributed by atoms with E-state index < -0.39 is 23.4 Å². The predicted molar refractivity (Wildman–Crippen MR) is 118 cm³/mol. The summed E-state index contributed by atoms with van der Waals surface area (Å²) in [7, 11) is 0. The van der Waals surface area contributed by atoms with Gasteiger partial charge in [-0.2, -0.15) is 5.10 Å². The van der Waals surface area contributed by atoms with E-state index in [0.717, 1.165) is 11.1 Å². The number of amides is 2. The van der Waals surface area contributed by atoms with E-state index in [1.807, 2.05) is 0 Å². The van der Waals surface area contributed by atoms with Crippen LogP contribution in [0.15, 0.2) is 11.0 Å². The number of nitrogens with one attached hydrogen (secondary N) is 2. The van der Waals surface area contributed by atoms with Crippen LogP contribution >= 0.6 is 11.6 Å². The molecule has 0 radical (unpaired) electrons. The van der Waals surface area contributed by atoms with Crippen LogP contribution in [0.4, 0.5) is 5.69 Å². The minimum atomic E-state index is -0.786. The summed E-state index contributed by atoms with van der Waals surface area (Å²) in [6.07, 6.45) is 2.80. The molecule has 5 atom stereocenters. The second-order valence-corrected chi connectivity index (χ2v) is 9.50. The summed E-state index contributed by atoms with van der Waals surface area (Å²) in [5, 5.41) is 9.99. The Morgan fingerprint density at radius 3 is 2.57 bits per heavy atom. The van der Waals surface area contributed by atoms with Crippen molar-refractivity contribution in [3.8, 4) is 0 Å². The van der Waals surface area contributed by atoms with Gasteiger partial charge in [-0.15, -0.1) is 0 Å². The van der Waals surface area contributed by atoms with Crippen molar-refractivity contribution in [2.75, 3.05) is 5.32 Å². The summed E-state index contributed by atoms with van der Waals surface area (Å²) in [5.41, 5.74) is 5.37. The van der Waals surface area contributed by atoms with Crippen molar-refractivity contribution in [2.45, 2.75) is 73.0 Å². The maximum absolute atomic E-state index is 12.6. The first kappa shape index (κ1) is 24.2. The van der Waals surface area contributed by atoms with Crippen LogP contribution in [-0.4, -0.2) is 33.7 Å². The first-order valence-electron chi connectivity index (χ1n) is 10.5. The molecule has 1 heterocycles. The molecule has 0 aliphatic heterocycles.